The zero-order valence-corrected chi connectivity index (χ0v) is 21.1. The summed E-state index contributed by atoms with van der Waals surface area (Å²) in [5.74, 6) is 2.34. The molecule has 0 spiro atoms. The molecule has 6 heteroatoms. The van der Waals surface area contributed by atoms with Gasteiger partial charge in [-0.25, -0.2) is 9.37 Å². The molecule has 0 atom stereocenters. The van der Waals surface area contributed by atoms with Crippen molar-refractivity contribution in [3.63, 3.8) is 0 Å². The van der Waals surface area contributed by atoms with E-state index in [0.717, 1.165) is 61.9 Å². The summed E-state index contributed by atoms with van der Waals surface area (Å²) in [5.41, 5.74) is 3.38. The molecule has 35 heavy (non-hydrogen) atoms. The molecule has 0 saturated heterocycles. The maximum Gasteiger partial charge on any atom is 0.231 e. The quantitative estimate of drug-likeness (QED) is 0.229. The summed E-state index contributed by atoms with van der Waals surface area (Å²) in [4.78, 5) is 7.29. The number of unbranched alkanes of at least 4 members (excludes halogenated alkanes) is 5. The van der Waals surface area contributed by atoms with E-state index in [1.165, 1.54) is 55.5 Å². The Morgan fingerprint density at radius 1 is 0.886 bits per heavy atom. The number of nitrogens with zero attached hydrogens (tertiary/aromatic N) is 3. The molecular formula is C29H38FN3O2. The average Bonchev–Trinajstić information content (AvgIpc) is 3.49. The van der Waals surface area contributed by atoms with E-state index in [2.05, 4.69) is 35.4 Å². The van der Waals surface area contributed by atoms with Gasteiger partial charge in [-0.15, -0.1) is 0 Å². The molecule has 2 heterocycles. The minimum Gasteiger partial charge on any atom is -0.454 e. The van der Waals surface area contributed by atoms with E-state index in [0.29, 0.717) is 6.79 Å². The van der Waals surface area contributed by atoms with Crippen LogP contribution in [-0.4, -0.2) is 27.8 Å². The number of benzene rings is 2. The van der Waals surface area contributed by atoms with Crippen molar-refractivity contribution in [3.8, 4) is 22.9 Å². The molecule has 0 bridgehead atoms. The van der Waals surface area contributed by atoms with Crippen molar-refractivity contribution in [2.24, 2.45) is 0 Å². The second-order valence-corrected chi connectivity index (χ2v) is 9.40. The molecule has 1 aliphatic rings. The van der Waals surface area contributed by atoms with Gasteiger partial charge in [-0.2, -0.15) is 0 Å². The van der Waals surface area contributed by atoms with E-state index in [1.807, 2.05) is 24.4 Å². The summed E-state index contributed by atoms with van der Waals surface area (Å²) in [6.07, 6.45) is 10.5. The molecular weight excluding hydrogens is 441 g/mol. The summed E-state index contributed by atoms with van der Waals surface area (Å²) in [5, 5.41) is 0. The van der Waals surface area contributed by atoms with Crippen molar-refractivity contribution >= 4 is 0 Å². The van der Waals surface area contributed by atoms with Crippen molar-refractivity contribution in [2.75, 3.05) is 13.3 Å². The monoisotopic (exact) mass is 479 g/mol. The molecule has 0 N–H and O–H groups in total. The van der Waals surface area contributed by atoms with Crippen LogP contribution in [0.2, 0.25) is 0 Å². The van der Waals surface area contributed by atoms with E-state index in [9.17, 15) is 4.39 Å². The molecule has 1 aliphatic heterocycles. The van der Waals surface area contributed by atoms with Crippen LogP contribution in [0.3, 0.4) is 0 Å². The van der Waals surface area contributed by atoms with Gasteiger partial charge >= 0.3 is 0 Å². The zero-order chi connectivity index (χ0) is 24.5. The number of ether oxygens (including phenoxy) is 2. The zero-order valence-electron chi connectivity index (χ0n) is 21.1. The minimum absolute atomic E-state index is 0.224. The van der Waals surface area contributed by atoms with Gasteiger partial charge in [0.25, 0.3) is 0 Å². The first-order valence-electron chi connectivity index (χ1n) is 13.1. The lowest BCUT2D eigenvalue weighted by Crippen LogP contribution is -2.25. The van der Waals surface area contributed by atoms with Crippen molar-refractivity contribution < 1.29 is 13.9 Å². The third-order valence-corrected chi connectivity index (χ3v) is 6.58. The highest BCUT2D eigenvalue weighted by Gasteiger charge is 2.18. The van der Waals surface area contributed by atoms with Crippen LogP contribution in [0.1, 0.15) is 70.1 Å². The third kappa shape index (κ3) is 6.85. The fourth-order valence-electron chi connectivity index (χ4n) is 4.61. The Kier molecular flexibility index (Phi) is 9.18. The molecule has 1 aromatic heterocycles. The highest BCUT2D eigenvalue weighted by Crippen LogP contribution is 2.33. The molecule has 0 radical (unpaired) electrons. The number of aromatic nitrogens is 2. The molecule has 3 aromatic rings. The molecule has 5 nitrogen and oxygen atoms in total. The lowest BCUT2D eigenvalue weighted by Gasteiger charge is -2.24. The second-order valence-electron chi connectivity index (χ2n) is 9.40. The van der Waals surface area contributed by atoms with Crippen LogP contribution >= 0.6 is 0 Å². The van der Waals surface area contributed by atoms with Crippen LogP contribution in [0.5, 0.6) is 11.5 Å². The normalized spacial score (nSPS) is 12.6. The van der Waals surface area contributed by atoms with E-state index in [4.69, 9.17) is 14.5 Å². The molecule has 0 saturated carbocycles. The Bertz CT molecular complexity index is 1060. The molecule has 0 aliphatic carbocycles. The molecule has 0 unspecified atom stereocenters. The van der Waals surface area contributed by atoms with Crippen LogP contribution < -0.4 is 9.47 Å². The highest BCUT2D eigenvalue weighted by molar-refractivity contribution is 5.56. The second kappa shape index (κ2) is 12.7. The number of halogens is 1. The standard InChI is InChI=1S/C29H38FN3O2/c1-3-5-7-8-9-16-32(20-23-10-15-27-28(18-23)35-22-34-27)21-26-19-31-29(33(26)17-6-4-2)24-11-13-25(30)14-12-24/h10-15,18-19H,3-9,16-17,20-22H2,1-2H3. The smallest absolute Gasteiger partial charge is 0.231 e. The SMILES string of the molecule is CCCCCCCN(Cc1ccc2c(c1)OCO2)Cc1cnc(-c2ccc(F)cc2)n1CCCC. The summed E-state index contributed by atoms with van der Waals surface area (Å²) in [6.45, 7) is 8.35. The Morgan fingerprint density at radius 2 is 1.66 bits per heavy atom. The van der Waals surface area contributed by atoms with Gasteiger partial charge in [0.15, 0.2) is 11.5 Å². The van der Waals surface area contributed by atoms with Crippen molar-refractivity contribution in [3.05, 3.63) is 65.7 Å². The number of hydrogen-bond donors (Lipinski definition) is 0. The Morgan fingerprint density at radius 3 is 2.46 bits per heavy atom. The maximum absolute atomic E-state index is 13.5. The fraction of sp³-hybridized carbons (Fsp3) is 0.483. The van der Waals surface area contributed by atoms with Gasteiger partial charge in [0.2, 0.25) is 6.79 Å². The molecule has 4 rings (SSSR count). The molecule has 2 aromatic carbocycles. The first kappa shape index (κ1) is 25.2. The largest absolute Gasteiger partial charge is 0.454 e. The Hall–Kier alpha value is -2.86. The number of hydrogen-bond acceptors (Lipinski definition) is 4. The molecule has 0 amide bonds. The summed E-state index contributed by atoms with van der Waals surface area (Å²) in [7, 11) is 0. The third-order valence-electron chi connectivity index (χ3n) is 6.58. The summed E-state index contributed by atoms with van der Waals surface area (Å²) >= 11 is 0. The van der Waals surface area contributed by atoms with Crippen LogP contribution in [0.15, 0.2) is 48.7 Å². The van der Waals surface area contributed by atoms with Gasteiger partial charge in [-0.3, -0.25) is 4.90 Å². The van der Waals surface area contributed by atoms with Gasteiger partial charge in [0.1, 0.15) is 11.6 Å². The fourth-order valence-corrected chi connectivity index (χ4v) is 4.61. The lowest BCUT2D eigenvalue weighted by atomic mass is 10.1. The van der Waals surface area contributed by atoms with Crippen molar-refractivity contribution in [2.45, 2.75) is 78.4 Å². The number of imidazole rings is 1. The maximum atomic E-state index is 13.5. The van der Waals surface area contributed by atoms with Crippen LogP contribution in [0.4, 0.5) is 4.39 Å². The van der Waals surface area contributed by atoms with E-state index < -0.39 is 0 Å². The predicted octanol–water partition coefficient (Wildman–Crippen LogP) is 7.19. The highest BCUT2D eigenvalue weighted by atomic mass is 19.1. The van der Waals surface area contributed by atoms with Gasteiger partial charge in [-0.05, 0) is 61.3 Å². The van der Waals surface area contributed by atoms with E-state index >= 15 is 0 Å². The van der Waals surface area contributed by atoms with Crippen molar-refractivity contribution in [1.82, 2.24) is 14.5 Å². The summed E-state index contributed by atoms with van der Waals surface area (Å²) < 4.78 is 26.9. The average molecular weight is 480 g/mol. The Balaban J connectivity index is 1.54. The van der Waals surface area contributed by atoms with Crippen molar-refractivity contribution in [1.29, 1.82) is 0 Å². The molecule has 0 fully saturated rings. The first-order valence-corrected chi connectivity index (χ1v) is 13.1. The van der Waals surface area contributed by atoms with Gasteiger partial charge < -0.3 is 14.0 Å². The van der Waals surface area contributed by atoms with Gasteiger partial charge in [0.05, 0.1) is 11.9 Å². The lowest BCUT2D eigenvalue weighted by molar-refractivity contribution is 0.174. The summed E-state index contributed by atoms with van der Waals surface area (Å²) in [6, 6.07) is 12.9. The predicted molar refractivity (Wildman–Crippen MR) is 138 cm³/mol. The Labute approximate surface area is 208 Å². The van der Waals surface area contributed by atoms with Crippen LogP contribution in [0, 0.1) is 5.82 Å². The first-order chi connectivity index (χ1) is 17.2. The van der Waals surface area contributed by atoms with E-state index in [1.54, 1.807) is 0 Å². The van der Waals surface area contributed by atoms with E-state index in [-0.39, 0.29) is 5.82 Å². The topological polar surface area (TPSA) is 39.5 Å². The molecule has 188 valence electrons. The minimum atomic E-state index is -0.224. The number of rotatable bonds is 14. The van der Waals surface area contributed by atoms with Gasteiger partial charge in [-0.1, -0.05) is 52.0 Å². The van der Waals surface area contributed by atoms with Crippen LogP contribution in [-0.2, 0) is 19.6 Å². The van der Waals surface area contributed by atoms with Gasteiger partial charge in [0, 0.05) is 25.2 Å². The number of fused-ring (bicyclic) bond motifs is 1. The van der Waals surface area contributed by atoms with Crippen LogP contribution in [0.25, 0.3) is 11.4 Å².